The molecule has 0 bridgehead atoms. The Morgan fingerprint density at radius 2 is 2.22 bits per heavy atom. The molecule has 1 saturated heterocycles. The lowest BCUT2D eigenvalue weighted by atomic mass is 9.95. The summed E-state index contributed by atoms with van der Waals surface area (Å²) in [6, 6.07) is 0. The summed E-state index contributed by atoms with van der Waals surface area (Å²) in [6.07, 6.45) is 3.35. The lowest BCUT2D eigenvalue weighted by Crippen LogP contribution is -2.42. The number of likely N-dealkylation sites (tertiary alicyclic amines) is 1. The smallest absolute Gasteiger partial charge is 0.224 e. The van der Waals surface area contributed by atoms with Crippen molar-refractivity contribution in [2.24, 2.45) is 23.5 Å². The molecule has 2 unspecified atom stereocenters. The van der Waals surface area contributed by atoms with Gasteiger partial charge < -0.3 is 16.0 Å². The van der Waals surface area contributed by atoms with Gasteiger partial charge in [-0.1, -0.05) is 13.8 Å². The fraction of sp³-hybridized carbons (Fsp3) is 0.929. The van der Waals surface area contributed by atoms with Crippen LogP contribution in [0, 0.1) is 17.8 Å². The van der Waals surface area contributed by atoms with E-state index < -0.39 is 0 Å². The van der Waals surface area contributed by atoms with Gasteiger partial charge in [-0.3, -0.25) is 4.79 Å². The average molecular weight is 255 g/mol. The molecule has 2 atom stereocenters. The highest BCUT2D eigenvalue weighted by molar-refractivity contribution is 5.78. The van der Waals surface area contributed by atoms with E-state index in [1.54, 1.807) is 0 Å². The van der Waals surface area contributed by atoms with Crippen LogP contribution < -0.4 is 11.1 Å². The minimum atomic E-state index is -0.0219. The van der Waals surface area contributed by atoms with E-state index >= 15 is 0 Å². The predicted octanol–water partition coefficient (Wildman–Crippen LogP) is 1.07. The fourth-order valence-electron chi connectivity index (χ4n) is 2.71. The van der Waals surface area contributed by atoms with Gasteiger partial charge in [0.2, 0.25) is 5.91 Å². The summed E-state index contributed by atoms with van der Waals surface area (Å²) in [6.45, 7) is 7.80. The van der Waals surface area contributed by atoms with Crippen LogP contribution in [0.5, 0.6) is 0 Å². The molecule has 0 aliphatic carbocycles. The van der Waals surface area contributed by atoms with E-state index in [1.807, 2.05) is 0 Å². The van der Waals surface area contributed by atoms with Crippen molar-refractivity contribution in [1.82, 2.24) is 10.2 Å². The second-order valence-corrected chi connectivity index (χ2v) is 6.08. The van der Waals surface area contributed by atoms with Crippen molar-refractivity contribution in [1.29, 1.82) is 0 Å². The minimum Gasteiger partial charge on any atom is -0.355 e. The van der Waals surface area contributed by atoms with E-state index in [-0.39, 0.29) is 11.8 Å². The van der Waals surface area contributed by atoms with E-state index in [9.17, 15) is 4.79 Å². The number of carbonyl (C=O) groups is 1. The first kappa shape index (κ1) is 15.4. The second-order valence-electron chi connectivity index (χ2n) is 6.08. The molecule has 3 N–H and O–H groups in total. The summed E-state index contributed by atoms with van der Waals surface area (Å²) in [5.74, 6) is 1.24. The third-order valence-electron chi connectivity index (χ3n) is 3.70. The van der Waals surface area contributed by atoms with E-state index in [4.69, 9.17) is 5.73 Å². The van der Waals surface area contributed by atoms with Gasteiger partial charge in [0.25, 0.3) is 0 Å². The van der Waals surface area contributed by atoms with Crippen molar-refractivity contribution >= 4 is 5.91 Å². The first-order valence-corrected chi connectivity index (χ1v) is 7.19. The van der Waals surface area contributed by atoms with Crippen LogP contribution in [0.3, 0.4) is 0 Å². The van der Waals surface area contributed by atoms with Gasteiger partial charge >= 0.3 is 0 Å². The van der Waals surface area contributed by atoms with Crippen molar-refractivity contribution in [2.75, 3.05) is 33.2 Å². The van der Waals surface area contributed by atoms with Crippen LogP contribution in [0.15, 0.2) is 0 Å². The molecule has 106 valence electrons. The van der Waals surface area contributed by atoms with Crippen molar-refractivity contribution in [3.63, 3.8) is 0 Å². The number of piperidine rings is 1. The first-order valence-electron chi connectivity index (χ1n) is 7.19. The van der Waals surface area contributed by atoms with Crippen LogP contribution >= 0.6 is 0 Å². The quantitative estimate of drug-likeness (QED) is 0.746. The summed E-state index contributed by atoms with van der Waals surface area (Å²) < 4.78 is 0. The van der Waals surface area contributed by atoms with Gasteiger partial charge in [0, 0.05) is 19.6 Å². The normalized spacial score (nSPS) is 23.1. The Morgan fingerprint density at radius 1 is 1.50 bits per heavy atom. The molecule has 1 rings (SSSR count). The lowest BCUT2D eigenvalue weighted by molar-refractivity contribution is -0.125. The molecule has 0 spiro atoms. The van der Waals surface area contributed by atoms with Gasteiger partial charge in [0.1, 0.15) is 0 Å². The van der Waals surface area contributed by atoms with Crippen molar-refractivity contribution in [3.8, 4) is 0 Å². The third-order valence-corrected chi connectivity index (χ3v) is 3.70. The molecule has 0 aromatic carbocycles. The summed E-state index contributed by atoms with van der Waals surface area (Å²) in [7, 11) is 2.15. The molecule has 0 aromatic heterocycles. The largest absolute Gasteiger partial charge is 0.355 e. The Labute approximate surface area is 111 Å². The fourth-order valence-corrected chi connectivity index (χ4v) is 2.71. The molecule has 1 fully saturated rings. The Balaban J connectivity index is 2.30. The molecule has 4 nitrogen and oxygen atoms in total. The van der Waals surface area contributed by atoms with Crippen LogP contribution in [0.25, 0.3) is 0 Å². The molecule has 4 heteroatoms. The zero-order valence-electron chi connectivity index (χ0n) is 12.1. The van der Waals surface area contributed by atoms with Gasteiger partial charge in [0.05, 0.1) is 5.92 Å². The highest BCUT2D eigenvalue weighted by Gasteiger charge is 2.21. The molecule has 1 amide bonds. The maximum atomic E-state index is 12.0. The number of carbonyl (C=O) groups excluding carboxylic acids is 1. The zero-order chi connectivity index (χ0) is 13.5. The standard InChI is InChI=1S/C14H29N3O/c1-11(2)7-13(8-15)14(18)16-9-12-5-4-6-17(3)10-12/h11-13H,4-10,15H2,1-3H3,(H,16,18). The van der Waals surface area contributed by atoms with Crippen LogP contribution in [-0.2, 0) is 4.79 Å². The molecule has 1 aliphatic rings. The highest BCUT2D eigenvalue weighted by Crippen LogP contribution is 2.15. The minimum absolute atomic E-state index is 0.0219. The SMILES string of the molecule is CC(C)CC(CN)C(=O)NCC1CCCN(C)C1. The van der Waals surface area contributed by atoms with E-state index in [0.717, 1.165) is 19.5 Å². The summed E-state index contributed by atoms with van der Waals surface area (Å²) in [5, 5.41) is 3.08. The number of rotatable bonds is 6. The van der Waals surface area contributed by atoms with Gasteiger partial charge in [-0.15, -0.1) is 0 Å². The van der Waals surface area contributed by atoms with Crippen LogP contribution in [0.1, 0.15) is 33.1 Å². The predicted molar refractivity (Wildman–Crippen MR) is 75.2 cm³/mol. The van der Waals surface area contributed by atoms with Gasteiger partial charge in [-0.05, 0) is 44.7 Å². The maximum absolute atomic E-state index is 12.0. The number of nitrogens with zero attached hydrogens (tertiary/aromatic N) is 1. The van der Waals surface area contributed by atoms with Crippen molar-refractivity contribution in [3.05, 3.63) is 0 Å². The molecular weight excluding hydrogens is 226 g/mol. The van der Waals surface area contributed by atoms with E-state index in [1.165, 1.54) is 19.4 Å². The molecule has 1 heterocycles. The summed E-state index contributed by atoms with van der Waals surface area (Å²) in [5.41, 5.74) is 5.68. The molecule has 1 aliphatic heterocycles. The number of hydrogen-bond donors (Lipinski definition) is 2. The molecule has 0 aromatic rings. The van der Waals surface area contributed by atoms with Crippen LogP contribution in [0.2, 0.25) is 0 Å². The Kier molecular flexibility index (Phi) is 6.65. The van der Waals surface area contributed by atoms with Crippen LogP contribution in [-0.4, -0.2) is 44.0 Å². The monoisotopic (exact) mass is 255 g/mol. The molecule has 0 radical (unpaired) electrons. The van der Waals surface area contributed by atoms with Crippen molar-refractivity contribution < 1.29 is 4.79 Å². The van der Waals surface area contributed by atoms with Crippen LogP contribution in [0.4, 0.5) is 0 Å². The van der Waals surface area contributed by atoms with E-state index in [2.05, 4.69) is 31.1 Å². The highest BCUT2D eigenvalue weighted by atomic mass is 16.1. The molecule has 18 heavy (non-hydrogen) atoms. The molecule has 0 saturated carbocycles. The number of nitrogens with one attached hydrogen (secondary N) is 1. The average Bonchev–Trinajstić information content (AvgIpc) is 2.33. The van der Waals surface area contributed by atoms with Gasteiger partial charge in [-0.2, -0.15) is 0 Å². The van der Waals surface area contributed by atoms with Gasteiger partial charge in [-0.25, -0.2) is 0 Å². The summed E-state index contributed by atoms with van der Waals surface area (Å²) >= 11 is 0. The maximum Gasteiger partial charge on any atom is 0.224 e. The summed E-state index contributed by atoms with van der Waals surface area (Å²) in [4.78, 5) is 14.4. The topological polar surface area (TPSA) is 58.4 Å². The number of amides is 1. The molecular formula is C14H29N3O. The third kappa shape index (κ3) is 5.36. The number of hydrogen-bond acceptors (Lipinski definition) is 3. The lowest BCUT2D eigenvalue weighted by Gasteiger charge is -2.30. The van der Waals surface area contributed by atoms with E-state index in [0.29, 0.717) is 18.4 Å². The van der Waals surface area contributed by atoms with Gasteiger partial charge in [0.15, 0.2) is 0 Å². The second kappa shape index (κ2) is 7.74. The first-order chi connectivity index (χ1) is 8.52. The Bertz CT molecular complexity index is 255. The Morgan fingerprint density at radius 3 is 2.78 bits per heavy atom. The zero-order valence-corrected chi connectivity index (χ0v) is 12.1. The van der Waals surface area contributed by atoms with Crippen molar-refractivity contribution in [2.45, 2.75) is 33.1 Å². The Hall–Kier alpha value is -0.610. The number of nitrogens with two attached hydrogens (primary N) is 1.